The van der Waals surface area contributed by atoms with E-state index in [4.69, 9.17) is 4.74 Å². The number of carbonyl (C=O) groups is 2. The van der Waals surface area contributed by atoms with E-state index in [0.717, 1.165) is 70.6 Å². The Kier molecular flexibility index (Phi) is 42.2. The Hall–Kier alpha value is -1.66. The normalized spacial score (nSPS) is 13.5. The molecule has 0 radical (unpaired) electrons. The van der Waals surface area contributed by atoms with E-state index in [-0.39, 0.29) is 24.9 Å². The molecule has 3 atom stereocenters. The molecule has 0 aromatic rings. The molecule has 0 rings (SSSR count). The van der Waals surface area contributed by atoms with Gasteiger partial charge >= 0.3 is 5.97 Å². The number of rotatable bonds is 43. The largest absolute Gasteiger partial charge is 0.462 e. The lowest BCUT2D eigenvalue weighted by molar-refractivity contribution is -0.151. The number of nitrogens with one attached hydrogen (secondary N) is 1. The molecule has 3 N–H and O–H groups in total. The van der Waals surface area contributed by atoms with E-state index in [1.165, 1.54) is 135 Å². The van der Waals surface area contributed by atoms with Crippen LogP contribution in [-0.4, -0.2) is 46.9 Å². The van der Waals surface area contributed by atoms with E-state index in [9.17, 15) is 19.8 Å². The van der Waals surface area contributed by atoms with E-state index < -0.39 is 18.2 Å². The second-order valence-electron chi connectivity index (χ2n) is 16.5. The number of amides is 1. The Labute approximate surface area is 341 Å². The van der Waals surface area contributed by atoms with Crippen LogP contribution < -0.4 is 5.32 Å². The monoisotopic (exact) mass is 776 g/mol. The maximum absolute atomic E-state index is 13.1. The summed E-state index contributed by atoms with van der Waals surface area (Å²) in [4.78, 5) is 26.0. The maximum Gasteiger partial charge on any atom is 0.306 e. The van der Waals surface area contributed by atoms with Crippen molar-refractivity contribution in [2.75, 3.05) is 6.61 Å². The van der Waals surface area contributed by atoms with Gasteiger partial charge in [-0.15, -0.1) is 0 Å². The van der Waals surface area contributed by atoms with Crippen molar-refractivity contribution in [3.63, 3.8) is 0 Å². The van der Waals surface area contributed by atoms with E-state index in [2.05, 4.69) is 50.4 Å². The summed E-state index contributed by atoms with van der Waals surface area (Å²) < 4.78 is 5.90. The second kappa shape index (κ2) is 43.5. The number of ether oxygens (including phenoxy) is 1. The van der Waals surface area contributed by atoms with Crippen molar-refractivity contribution >= 4 is 11.9 Å². The lowest BCUT2D eigenvalue weighted by Gasteiger charge is -2.24. The summed E-state index contributed by atoms with van der Waals surface area (Å²) in [5.41, 5.74) is 0. The summed E-state index contributed by atoms with van der Waals surface area (Å²) in [6.45, 7) is 6.41. The highest BCUT2D eigenvalue weighted by atomic mass is 16.5. The van der Waals surface area contributed by atoms with Gasteiger partial charge in [-0.2, -0.15) is 0 Å². The quantitative estimate of drug-likeness (QED) is 0.0326. The molecule has 3 unspecified atom stereocenters. The van der Waals surface area contributed by atoms with Crippen LogP contribution in [0.3, 0.4) is 0 Å². The molecule has 0 saturated heterocycles. The van der Waals surface area contributed by atoms with Crippen molar-refractivity contribution in [1.82, 2.24) is 5.32 Å². The van der Waals surface area contributed by atoms with Crippen molar-refractivity contribution in [3.8, 4) is 0 Å². The highest BCUT2D eigenvalue weighted by Crippen LogP contribution is 2.18. The van der Waals surface area contributed by atoms with Gasteiger partial charge in [0, 0.05) is 6.42 Å². The molecular weight excluding hydrogens is 683 g/mol. The van der Waals surface area contributed by atoms with Crippen LogP contribution in [0, 0.1) is 0 Å². The standard InChI is InChI=1S/C49H93NO5/c1-4-7-10-13-16-19-22-24-26-28-31-34-37-40-45(55-49(54)42-39-36-33-30-21-18-15-12-9-6-3)43-48(53)50-46(44-51)47(52)41-38-35-32-29-27-25-23-20-17-14-11-8-5-2/h12,15,19,22,45-47,51-52H,4-11,13-14,16-18,20-21,23-44H2,1-3H3,(H,50,53)/b15-12-,22-19-. The molecule has 0 bridgehead atoms. The Morgan fingerprint density at radius 1 is 0.509 bits per heavy atom. The number of aliphatic hydroxyl groups is 2. The molecule has 0 aliphatic rings. The first-order chi connectivity index (χ1) is 27.0. The number of unbranched alkanes of at least 4 members (excludes halogenated alkanes) is 27. The van der Waals surface area contributed by atoms with Gasteiger partial charge in [0.25, 0.3) is 0 Å². The number of hydrogen-bond donors (Lipinski definition) is 3. The summed E-state index contributed by atoms with van der Waals surface area (Å²) in [6, 6.07) is -0.700. The fourth-order valence-corrected chi connectivity index (χ4v) is 7.31. The summed E-state index contributed by atoms with van der Waals surface area (Å²) in [6.07, 6.45) is 48.0. The van der Waals surface area contributed by atoms with Crippen LogP contribution in [0.1, 0.15) is 252 Å². The zero-order chi connectivity index (χ0) is 40.3. The van der Waals surface area contributed by atoms with Gasteiger partial charge in [0.2, 0.25) is 5.91 Å². The minimum atomic E-state index is -0.786. The molecule has 6 heteroatoms. The SMILES string of the molecule is CCC/C=C\CCCCCCCC(=O)OC(CCCCCCC/C=C\CCCCCC)CC(=O)NC(CO)C(O)CCCCCCCCCCCCCCC. The van der Waals surface area contributed by atoms with Gasteiger partial charge in [-0.25, -0.2) is 0 Å². The van der Waals surface area contributed by atoms with Crippen molar-refractivity contribution in [2.45, 2.75) is 270 Å². The molecule has 0 aliphatic carbocycles. The molecule has 0 saturated carbocycles. The molecule has 0 aromatic heterocycles. The highest BCUT2D eigenvalue weighted by molar-refractivity contribution is 5.77. The zero-order valence-corrected chi connectivity index (χ0v) is 36.8. The van der Waals surface area contributed by atoms with Crippen LogP contribution in [0.2, 0.25) is 0 Å². The van der Waals surface area contributed by atoms with Gasteiger partial charge in [0.05, 0.1) is 25.2 Å². The van der Waals surface area contributed by atoms with Gasteiger partial charge in [-0.05, 0) is 70.6 Å². The number of allylic oxidation sites excluding steroid dienone is 4. The first-order valence-electron chi connectivity index (χ1n) is 24.1. The van der Waals surface area contributed by atoms with E-state index >= 15 is 0 Å². The second-order valence-corrected chi connectivity index (χ2v) is 16.5. The van der Waals surface area contributed by atoms with Gasteiger partial charge in [0.1, 0.15) is 6.10 Å². The van der Waals surface area contributed by atoms with Crippen molar-refractivity contribution in [1.29, 1.82) is 0 Å². The summed E-state index contributed by atoms with van der Waals surface area (Å²) in [7, 11) is 0. The maximum atomic E-state index is 13.1. The third-order valence-electron chi connectivity index (χ3n) is 11.0. The smallest absolute Gasteiger partial charge is 0.306 e. The molecule has 1 amide bonds. The molecular formula is C49H93NO5. The fourth-order valence-electron chi connectivity index (χ4n) is 7.31. The average Bonchev–Trinajstić information content (AvgIpc) is 3.18. The van der Waals surface area contributed by atoms with Crippen molar-refractivity contribution in [3.05, 3.63) is 24.3 Å². The van der Waals surface area contributed by atoms with Gasteiger partial charge in [0.15, 0.2) is 0 Å². The molecule has 0 aliphatic heterocycles. The molecule has 0 spiro atoms. The zero-order valence-electron chi connectivity index (χ0n) is 36.8. The van der Waals surface area contributed by atoms with Crippen LogP contribution in [0.25, 0.3) is 0 Å². The third-order valence-corrected chi connectivity index (χ3v) is 11.0. The minimum absolute atomic E-state index is 0.0717. The minimum Gasteiger partial charge on any atom is -0.462 e. The topological polar surface area (TPSA) is 95.9 Å². The molecule has 0 fully saturated rings. The third kappa shape index (κ3) is 39.0. The van der Waals surface area contributed by atoms with Crippen LogP contribution in [0.15, 0.2) is 24.3 Å². The molecule has 324 valence electrons. The van der Waals surface area contributed by atoms with E-state index in [1.54, 1.807) is 0 Å². The molecule has 6 nitrogen and oxygen atoms in total. The van der Waals surface area contributed by atoms with Crippen LogP contribution in [-0.2, 0) is 14.3 Å². The van der Waals surface area contributed by atoms with Gasteiger partial charge in [-0.1, -0.05) is 193 Å². The van der Waals surface area contributed by atoms with Crippen molar-refractivity contribution in [2.24, 2.45) is 0 Å². The number of esters is 1. The predicted molar refractivity (Wildman–Crippen MR) is 236 cm³/mol. The lowest BCUT2D eigenvalue weighted by atomic mass is 10.0. The number of carbonyl (C=O) groups excluding carboxylic acids is 2. The Balaban J connectivity index is 4.56. The predicted octanol–water partition coefficient (Wildman–Crippen LogP) is 14.0. The van der Waals surface area contributed by atoms with Crippen LogP contribution in [0.5, 0.6) is 0 Å². The fraction of sp³-hybridized carbons (Fsp3) is 0.878. The van der Waals surface area contributed by atoms with E-state index in [0.29, 0.717) is 19.3 Å². The first-order valence-corrected chi connectivity index (χ1v) is 24.1. The Bertz CT molecular complexity index is 873. The summed E-state index contributed by atoms with van der Waals surface area (Å²) >= 11 is 0. The summed E-state index contributed by atoms with van der Waals surface area (Å²) in [5.74, 6) is -0.487. The van der Waals surface area contributed by atoms with Crippen molar-refractivity contribution < 1.29 is 24.5 Å². The van der Waals surface area contributed by atoms with Gasteiger partial charge in [-0.3, -0.25) is 9.59 Å². The van der Waals surface area contributed by atoms with E-state index in [1.807, 2.05) is 0 Å². The molecule has 0 aromatic carbocycles. The number of hydrogen-bond acceptors (Lipinski definition) is 5. The Morgan fingerprint density at radius 2 is 0.909 bits per heavy atom. The molecule has 0 heterocycles. The van der Waals surface area contributed by atoms with Gasteiger partial charge < -0.3 is 20.3 Å². The average molecular weight is 776 g/mol. The summed E-state index contributed by atoms with van der Waals surface area (Å²) in [5, 5.41) is 23.7. The van der Waals surface area contributed by atoms with Crippen LogP contribution >= 0.6 is 0 Å². The Morgan fingerprint density at radius 3 is 1.38 bits per heavy atom. The lowest BCUT2D eigenvalue weighted by Crippen LogP contribution is -2.46. The first kappa shape index (κ1) is 53.3. The molecule has 55 heavy (non-hydrogen) atoms. The number of aliphatic hydroxyl groups excluding tert-OH is 2. The van der Waals surface area contributed by atoms with Crippen LogP contribution in [0.4, 0.5) is 0 Å². The highest BCUT2D eigenvalue weighted by Gasteiger charge is 2.24.